The van der Waals surface area contributed by atoms with Crippen molar-refractivity contribution >= 4 is 17.7 Å². The second kappa shape index (κ2) is 6.83. The molecule has 1 aromatic heterocycles. The largest absolute Gasteiger partial charge is 0.481 e. The molecule has 1 heterocycles. The summed E-state index contributed by atoms with van der Waals surface area (Å²) in [5, 5.41) is 9.60. The van der Waals surface area contributed by atoms with Gasteiger partial charge in [-0.3, -0.25) is 4.79 Å². The van der Waals surface area contributed by atoms with E-state index in [1.807, 2.05) is 27.0 Å². The smallest absolute Gasteiger partial charge is 0.313 e. The molecule has 0 fully saturated rings. The molecule has 0 saturated carbocycles. The topological polar surface area (TPSA) is 64.4 Å². The van der Waals surface area contributed by atoms with Crippen LogP contribution in [0.15, 0.2) is 11.4 Å². The Morgan fingerprint density at radius 1 is 1.38 bits per heavy atom. The van der Waals surface area contributed by atoms with Gasteiger partial charge in [-0.1, -0.05) is 32.5 Å². The summed E-state index contributed by atoms with van der Waals surface area (Å²) in [6.45, 7) is 13.7. The van der Waals surface area contributed by atoms with Crippen LogP contribution in [0.25, 0.3) is 0 Å². The molecule has 1 aromatic rings. The van der Waals surface area contributed by atoms with Gasteiger partial charge in [-0.15, -0.1) is 0 Å². The van der Waals surface area contributed by atoms with E-state index in [0.717, 1.165) is 10.9 Å². The lowest BCUT2D eigenvalue weighted by Crippen LogP contribution is -2.33. The minimum atomic E-state index is -0.837. The number of ether oxygens (including phenoxy) is 1. The molecular weight excluding hydrogens is 288 g/mol. The molecule has 1 N–H and O–H groups in total. The summed E-state index contributed by atoms with van der Waals surface area (Å²) in [5.41, 5.74) is 0.703. The molecule has 0 atom stereocenters. The standard InChI is InChI=1S/C15H26N2O3S/c1-7-20-15(5,6)10-17-11(14(2,3)4)8-16-13(17)21-9-12(18)19/h8H,7,9-10H2,1-6H3,(H,18,19). The molecule has 0 aliphatic carbocycles. The van der Waals surface area contributed by atoms with Crippen molar-refractivity contribution in [3.05, 3.63) is 11.9 Å². The molecule has 0 radical (unpaired) electrons. The van der Waals surface area contributed by atoms with Crippen LogP contribution in [0.2, 0.25) is 0 Å². The van der Waals surface area contributed by atoms with Crippen molar-refractivity contribution in [1.29, 1.82) is 0 Å². The van der Waals surface area contributed by atoms with Gasteiger partial charge in [0.25, 0.3) is 0 Å². The van der Waals surface area contributed by atoms with Crippen LogP contribution in [0.3, 0.4) is 0 Å². The van der Waals surface area contributed by atoms with E-state index in [4.69, 9.17) is 9.84 Å². The molecular formula is C15H26N2O3S. The predicted octanol–water partition coefficient (Wildman–Crippen LogP) is 3.17. The van der Waals surface area contributed by atoms with Gasteiger partial charge in [0.2, 0.25) is 0 Å². The Morgan fingerprint density at radius 2 is 2.00 bits per heavy atom. The average Bonchev–Trinajstić information content (AvgIpc) is 2.68. The van der Waals surface area contributed by atoms with Crippen LogP contribution in [0.5, 0.6) is 0 Å². The van der Waals surface area contributed by atoms with Gasteiger partial charge >= 0.3 is 5.97 Å². The molecule has 0 unspecified atom stereocenters. The number of carboxylic acids is 1. The van der Waals surface area contributed by atoms with Crippen LogP contribution in [0, 0.1) is 0 Å². The average molecular weight is 314 g/mol. The molecule has 5 nitrogen and oxygen atoms in total. The van der Waals surface area contributed by atoms with Crippen molar-refractivity contribution in [1.82, 2.24) is 9.55 Å². The number of imidazole rings is 1. The summed E-state index contributed by atoms with van der Waals surface area (Å²) in [6, 6.07) is 0. The first-order valence-electron chi connectivity index (χ1n) is 7.11. The monoisotopic (exact) mass is 314 g/mol. The lowest BCUT2D eigenvalue weighted by Gasteiger charge is -2.29. The van der Waals surface area contributed by atoms with Crippen LogP contribution in [-0.2, 0) is 21.5 Å². The van der Waals surface area contributed by atoms with Crippen molar-refractivity contribution < 1.29 is 14.6 Å². The van der Waals surface area contributed by atoms with E-state index in [0.29, 0.717) is 13.2 Å². The van der Waals surface area contributed by atoms with E-state index in [1.165, 1.54) is 11.8 Å². The number of hydrogen-bond acceptors (Lipinski definition) is 4. The summed E-state index contributed by atoms with van der Waals surface area (Å²) >= 11 is 1.25. The zero-order valence-electron chi connectivity index (χ0n) is 13.8. The van der Waals surface area contributed by atoms with Crippen LogP contribution < -0.4 is 0 Å². The minimum Gasteiger partial charge on any atom is -0.481 e. The Morgan fingerprint density at radius 3 is 2.48 bits per heavy atom. The Hall–Kier alpha value is -1.01. The highest BCUT2D eigenvalue weighted by atomic mass is 32.2. The third kappa shape index (κ3) is 5.36. The summed E-state index contributed by atoms with van der Waals surface area (Å²) in [5.74, 6) is -0.828. The second-order valence-corrected chi connectivity index (χ2v) is 7.58. The fourth-order valence-corrected chi connectivity index (χ4v) is 2.87. The number of nitrogens with zero attached hydrogens (tertiary/aromatic N) is 2. The van der Waals surface area contributed by atoms with Crippen molar-refractivity contribution in [2.75, 3.05) is 12.4 Å². The number of rotatable bonds is 7. The van der Waals surface area contributed by atoms with Crippen LogP contribution >= 0.6 is 11.8 Å². The maximum Gasteiger partial charge on any atom is 0.313 e. The van der Waals surface area contributed by atoms with E-state index < -0.39 is 5.97 Å². The highest BCUT2D eigenvalue weighted by molar-refractivity contribution is 7.99. The van der Waals surface area contributed by atoms with Crippen molar-refractivity contribution in [2.45, 2.75) is 64.3 Å². The van der Waals surface area contributed by atoms with Gasteiger partial charge < -0.3 is 14.4 Å². The summed E-state index contributed by atoms with van der Waals surface area (Å²) < 4.78 is 7.86. The number of carbonyl (C=O) groups is 1. The van der Waals surface area contributed by atoms with Gasteiger partial charge in [-0.25, -0.2) is 4.98 Å². The molecule has 21 heavy (non-hydrogen) atoms. The molecule has 0 spiro atoms. The van der Waals surface area contributed by atoms with E-state index in [1.54, 1.807) is 0 Å². The highest BCUT2D eigenvalue weighted by Gasteiger charge is 2.27. The molecule has 6 heteroatoms. The van der Waals surface area contributed by atoms with Crippen molar-refractivity contribution in [2.24, 2.45) is 0 Å². The maximum atomic E-state index is 10.8. The first kappa shape index (κ1) is 18.0. The zero-order chi connectivity index (χ0) is 16.3. The quantitative estimate of drug-likeness (QED) is 0.783. The second-order valence-electron chi connectivity index (χ2n) is 6.64. The van der Waals surface area contributed by atoms with Gasteiger partial charge in [-0.05, 0) is 20.8 Å². The first-order valence-corrected chi connectivity index (χ1v) is 8.10. The molecule has 0 aliphatic rings. The predicted molar refractivity (Wildman–Crippen MR) is 85.0 cm³/mol. The van der Waals surface area contributed by atoms with Crippen molar-refractivity contribution in [3.8, 4) is 0 Å². The van der Waals surface area contributed by atoms with E-state index >= 15 is 0 Å². The van der Waals surface area contributed by atoms with Gasteiger partial charge in [0.15, 0.2) is 5.16 Å². The number of hydrogen-bond donors (Lipinski definition) is 1. The Labute approximate surface area is 131 Å². The number of aromatic nitrogens is 2. The van der Waals surface area contributed by atoms with Crippen LogP contribution in [0.1, 0.15) is 47.2 Å². The highest BCUT2D eigenvalue weighted by Crippen LogP contribution is 2.29. The third-order valence-electron chi connectivity index (χ3n) is 2.99. The van der Waals surface area contributed by atoms with Crippen LogP contribution in [-0.4, -0.2) is 38.6 Å². The fourth-order valence-electron chi connectivity index (χ4n) is 2.17. The molecule has 120 valence electrons. The number of thioether (sulfide) groups is 1. The normalized spacial score (nSPS) is 12.7. The molecule has 0 aromatic carbocycles. The van der Waals surface area contributed by atoms with Gasteiger partial charge in [0, 0.05) is 23.9 Å². The first-order chi connectivity index (χ1) is 9.57. The van der Waals surface area contributed by atoms with Gasteiger partial charge in [0.1, 0.15) is 0 Å². The van der Waals surface area contributed by atoms with Crippen molar-refractivity contribution in [3.63, 3.8) is 0 Å². The Bertz CT molecular complexity index is 490. The minimum absolute atomic E-state index is 0.00958. The summed E-state index contributed by atoms with van der Waals surface area (Å²) in [6.07, 6.45) is 1.84. The molecule has 0 amide bonds. The lowest BCUT2D eigenvalue weighted by molar-refractivity contribution is -0.133. The van der Waals surface area contributed by atoms with Gasteiger partial charge in [-0.2, -0.15) is 0 Å². The van der Waals surface area contributed by atoms with Crippen LogP contribution in [0.4, 0.5) is 0 Å². The summed E-state index contributed by atoms with van der Waals surface area (Å²) in [4.78, 5) is 15.2. The fraction of sp³-hybridized carbons (Fsp3) is 0.733. The molecule has 1 rings (SSSR count). The SMILES string of the molecule is CCOC(C)(C)Cn1c(C(C)(C)C)cnc1SCC(=O)O. The van der Waals surface area contributed by atoms with E-state index in [-0.39, 0.29) is 16.8 Å². The molecule has 0 bridgehead atoms. The number of aliphatic carboxylic acids is 1. The molecule has 0 aliphatic heterocycles. The molecule has 0 saturated heterocycles. The van der Waals surface area contributed by atoms with Gasteiger partial charge in [0.05, 0.1) is 17.9 Å². The van der Waals surface area contributed by atoms with E-state index in [2.05, 4.69) is 30.3 Å². The van der Waals surface area contributed by atoms with E-state index in [9.17, 15) is 4.79 Å². The lowest BCUT2D eigenvalue weighted by atomic mass is 9.92. The Kier molecular flexibility index (Phi) is 5.87. The maximum absolute atomic E-state index is 10.8. The third-order valence-corrected chi connectivity index (χ3v) is 3.96. The Balaban J connectivity index is 3.10. The number of carboxylic acid groups (broad SMARTS) is 1. The zero-order valence-corrected chi connectivity index (χ0v) is 14.6. The summed E-state index contributed by atoms with van der Waals surface area (Å²) in [7, 11) is 0.